The van der Waals surface area contributed by atoms with Crippen LogP contribution < -0.4 is 14.8 Å². The molecule has 0 aromatic heterocycles. The fourth-order valence-corrected chi connectivity index (χ4v) is 2.14. The number of benzene rings is 2. The molecule has 0 fully saturated rings. The highest BCUT2D eigenvalue weighted by atomic mass is 16.5. The summed E-state index contributed by atoms with van der Waals surface area (Å²) >= 11 is 0. The van der Waals surface area contributed by atoms with E-state index in [1.807, 2.05) is 0 Å². The predicted octanol–water partition coefficient (Wildman–Crippen LogP) is 2.35. The molecule has 0 atom stereocenters. The largest absolute Gasteiger partial charge is 0.497 e. The zero-order valence-corrected chi connectivity index (χ0v) is 13.4. The molecule has 3 N–H and O–H groups in total. The van der Waals surface area contributed by atoms with Crippen molar-refractivity contribution in [2.75, 3.05) is 19.5 Å². The molecule has 0 saturated carbocycles. The fraction of sp³-hybridized carbons (Fsp3) is 0.118. The van der Waals surface area contributed by atoms with Gasteiger partial charge in [0.2, 0.25) is 0 Å². The number of carbonyl (C=O) groups is 3. The molecule has 8 nitrogen and oxygen atoms in total. The number of carbonyl (C=O) groups excluding carboxylic acids is 1. The molecule has 0 saturated heterocycles. The van der Waals surface area contributed by atoms with Crippen molar-refractivity contribution in [2.24, 2.45) is 0 Å². The van der Waals surface area contributed by atoms with Crippen molar-refractivity contribution in [2.45, 2.75) is 0 Å². The minimum absolute atomic E-state index is 0.197. The summed E-state index contributed by atoms with van der Waals surface area (Å²) in [5.41, 5.74) is -0.498. The summed E-state index contributed by atoms with van der Waals surface area (Å²) in [5, 5.41) is 20.8. The van der Waals surface area contributed by atoms with Crippen LogP contribution in [-0.2, 0) is 0 Å². The number of methoxy groups -OCH3 is 2. The van der Waals surface area contributed by atoms with Gasteiger partial charge in [-0.3, -0.25) is 4.79 Å². The molecule has 0 heterocycles. The van der Waals surface area contributed by atoms with Crippen LogP contribution in [0.4, 0.5) is 5.69 Å². The van der Waals surface area contributed by atoms with Crippen molar-refractivity contribution in [1.82, 2.24) is 0 Å². The number of nitrogens with one attached hydrogen (secondary N) is 1. The Morgan fingerprint density at radius 3 is 2.16 bits per heavy atom. The van der Waals surface area contributed by atoms with Crippen LogP contribution in [0.2, 0.25) is 0 Å². The summed E-state index contributed by atoms with van der Waals surface area (Å²) < 4.78 is 10.2. The van der Waals surface area contributed by atoms with Crippen molar-refractivity contribution in [1.29, 1.82) is 0 Å². The number of amides is 1. The van der Waals surface area contributed by atoms with E-state index in [1.165, 1.54) is 20.3 Å². The lowest BCUT2D eigenvalue weighted by Gasteiger charge is -2.13. The molecule has 0 bridgehead atoms. The summed E-state index contributed by atoms with van der Waals surface area (Å²) in [6.45, 7) is 0. The van der Waals surface area contributed by atoms with Gasteiger partial charge < -0.3 is 25.0 Å². The Morgan fingerprint density at radius 2 is 1.60 bits per heavy atom. The van der Waals surface area contributed by atoms with E-state index in [0.29, 0.717) is 11.5 Å². The zero-order chi connectivity index (χ0) is 18.6. The van der Waals surface area contributed by atoms with Crippen molar-refractivity contribution >= 4 is 23.5 Å². The van der Waals surface area contributed by atoms with Crippen LogP contribution in [-0.4, -0.2) is 42.3 Å². The fourth-order valence-electron chi connectivity index (χ4n) is 2.14. The van der Waals surface area contributed by atoms with Gasteiger partial charge in [-0.1, -0.05) is 0 Å². The molecular formula is C17H15NO7. The Labute approximate surface area is 142 Å². The summed E-state index contributed by atoms with van der Waals surface area (Å²) in [6.07, 6.45) is 0. The third-order valence-electron chi connectivity index (χ3n) is 3.40. The Morgan fingerprint density at radius 1 is 0.880 bits per heavy atom. The standard InChI is InChI=1S/C17H15NO7/c1-24-10-4-6-13(14(8-10)25-2)18-15(19)12-7-9(16(20)21)3-5-11(12)17(22)23/h3-8H,1-2H3,(H,18,19)(H,20,21)(H,22,23). The lowest BCUT2D eigenvalue weighted by Crippen LogP contribution is -2.18. The van der Waals surface area contributed by atoms with Gasteiger partial charge in [0.1, 0.15) is 11.5 Å². The van der Waals surface area contributed by atoms with E-state index in [9.17, 15) is 19.5 Å². The lowest BCUT2D eigenvalue weighted by molar-refractivity contribution is 0.0679. The number of rotatable bonds is 6. The van der Waals surface area contributed by atoms with Gasteiger partial charge in [0.15, 0.2) is 0 Å². The molecule has 0 aliphatic heterocycles. The third kappa shape index (κ3) is 3.86. The second-order valence-corrected chi connectivity index (χ2v) is 4.89. The molecule has 0 unspecified atom stereocenters. The molecule has 0 radical (unpaired) electrons. The second-order valence-electron chi connectivity index (χ2n) is 4.89. The highest BCUT2D eigenvalue weighted by Gasteiger charge is 2.20. The van der Waals surface area contributed by atoms with E-state index in [0.717, 1.165) is 18.2 Å². The van der Waals surface area contributed by atoms with Crippen LogP contribution in [0.25, 0.3) is 0 Å². The molecule has 0 spiro atoms. The van der Waals surface area contributed by atoms with Gasteiger partial charge in [-0.15, -0.1) is 0 Å². The van der Waals surface area contributed by atoms with E-state index in [-0.39, 0.29) is 22.4 Å². The van der Waals surface area contributed by atoms with Gasteiger partial charge in [-0.2, -0.15) is 0 Å². The first kappa shape index (κ1) is 17.8. The molecule has 25 heavy (non-hydrogen) atoms. The number of carboxylic acids is 2. The van der Waals surface area contributed by atoms with E-state index < -0.39 is 17.8 Å². The van der Waals surface area contributed by atoms with Crippen LogP contribution in [0, 0.1) is 0 Å². The Kier molecular flexibility index (Phi) is 5.23. The van der Waals surface area contributed by atoms with Gasteiger partial charge >= 0.3 is 11.9 Å². The van der Waals surface area contributed by atoms with Crippen molar-refractivity contribution in [3.05, 3.63) is 53.1 Å². The normalized spacial score (nSPS) is 10.0. The molecule has 1 amide bonds. The first-order chi connectivity index (χ1) is 11.9. The first-order valence-corrected chi connectivity index (χ1v) is 7.01. The number of hydrogen-bond acceptors (Lipinski definition) is 5. The summed E-state index contributed by atoms with van der Waals surface area (Å²) in [5.74, 6) is -2.58. The number of ether oxygens (including phenoxy) is 2. The van der Waals surface area contributed by atoms with Crippen molar-refractivity contribution < 1.29 is 34.1 Å². The maximum atomic E-state index is 12.5. The Balaban J connectivity index is 2.42. The quantitative estimate of drug-likeness (QED) is 0.734. The van der Waals surface area contributed by atoms with Gasteiger partial charge in [0, 0.05) is 6.07 Å². The van der Waals surface area contributed by atoms with E-state index in [4.69, 9.17) is 14.6 Å². The average Bonchev–Trinajstić information content (AvgIpc) is 2.61. The van der Waals surface area contributed by atoms with Crippen molar-refractivity contribution in [3.63, 3.8) is 0 Å². The summed E-state index contributed by atoms with van der Waals surface area (Å²) in [4.78, 5) is 34.9. The van der Waals surface area contributed by atoms with E-state index >= 15 is 0 Å². The Bertz CT molecular complexity index is 845. The maximum absolute atomic E-state index is 12.5. The zero-order valence-electron chi connectivity index (χ0n) is 13.4. The molecule has 2 rings (SSSR count). The van der Waals surface area contributed by atoms with Crippen LogP contribution in [0.15, 0.2) is 36.4 Å². The molecule has 130 valence electrons. The van der Waals surface area contributed by atoms with Crippen LogP contribution in [0.1, 0.15) is 31.1 Å². The van der Waals surface area contributed by atoms with Gasteiger partial charge in [-0.05, 0) is 30.3 Å². The van der Waals surface area contributed by atoms with Crippen LogP contribution in [0.5, 0.6) is 11.5 Å². The molecule has 0 aliphatic carbocycles. The first-order valence-electron chi connectivity index (χ1n) is 7.01. The average molecular weight is 345 g/mol. The minimum Gasteiger partial charge on any atom is -0.497 e. The topological polar surface area (TPSA) is 122 Å². The van der Waals surface area contributed by atoms with Gasteiger partial charge in [0.25, 0.3) is 5.91 Å². The lowest BCUT2D eigenvalue weighted by atomic mass is 10.0. The number of aromatic carboxylic acids is 2. The second kappa shape index (κ2) is 7.35. The molecule has 2 aromatic rings. The predicted molar refractivity (Wildman–Crippen MR) is 87.9 cm³/mol. The summed E-state index contributed by atoms with van der Waals surface area (Å²) in [7, 11) is 2.88. The molecule has 2 aromatic carbocycles. The Hall–Kier alpha value is -3.55. The SMILES string of the molecule is COc1ccc(NC(=O)c2cc(C(=O)O)ccc2C(=O)O)c(OC)c1. The van der Waals surface area contributed by atoms with Crippen LogP contribution >= 0.6 is 0 Å². The molecule has 0 aliphatic rings. The highest BCUT2D eigenvalue weighted by molar-refractivity contribution is 6.12. The van der Waals surface area contributed by atoms with Gasteiger partial charge in [-0.25, -0.2) is 9.59 Å². The smallest absolute Gasteiger partial charge is 0.336 e. The van der Waals surface area contributed by atoms with Crippen molar-refractivity contribution in [3.8, 4) is 11.5 Å². The van der Waals surface area contributed by atoms with Crippen LogP contribution in [0.3, 0.4) is 0 Å². The molecular weight excluding hydrogens is 330 g/mol. The number of hydrogen-bond donors (Lipinski definition) is 3. The van der Waals surface area contributed by atoms with Gasteiger partial charge in [0.05, 0.1) is 36.6 Å². The number of carboxylic acid groups (broad SMARTS) is 2. The highest BCUT2D eigenvalue weighted by Crippen LogP contribution is 2.29. The molecule has 8 heteroatoms. The third-order valence-corrected chi connectivity index (χ3v) is 3.40. The minimum atomic E-state index is -1.34. The summed E-state index contributed by atoms with van der Waals surface area (Å²) in [6, 6.07) is 7.86. The number of anilines is 1. The van der Waals surface area contributed by atoms with E-state index in [1.54, 1.807) is 12.1 Å². The van der Waals surface area contributed by atoms with E-state index in [2.05, 4.69) is 5.32 Å². The monoisotopic (exact) mass is 345 g/mol. The maximum Gasteiger partial charge on any atom is 0.336 e.